The number of hydrogen-bond donors (Lipinski definition) is 0. The van der Waals surface area contributed by atoms with E-state index in [2.05, 4.69) is 19.9 Å². The monoisotopic (exact) mass is 151 g/mol. The summed E-state index contributed by atoms with van der Waals surface area (Å²) in [4.78, 5) is 0. The van der Waals surface area contributed by atoms with Gasteiger partial charge in [0.25, 0.3) is 5.75 Å². The van der Waals surface area contributed by atoms with E-state index in [0.717, 1.165) is 6.42 Å². The largest absolute Gasteiger partial charge is 0.593 e. The van der Waals surface area contributed by atoms with Crippen molar-refractivity contribution >= 4 is 0 Å². The summed E-state index contributed by atoms with van der Waals surface area (Å²) in [6.45, 7) is 4.36. The van der Waals surface area contributed by atoms with Crippen LogP contribution in [0.3, 0.4) is 0 Å². The van der Waals surface area contributed by atoms with E-state index in [1.807, 2.05) is 18.2 Å². The molecule has 1 heteroatoms. The van der Waals surface area contributed by atoms with Crippen LogP contribution in [0, 0.1) is 0 Å². The minimum atomic E-state index is 0.584. The topological polar surface area (TPSA) is 22.9 Å². The van der Waals surface area contributed by atoms with Crippen LogP contribution in [0.1, 0.15) is 31.7 Å². The Morgan fingerprint density at radius 2 is 2.18 bits per heavy atom. The zero-order chi connectivity index (χ0) is 8.27. The standard InChI is InChI=1S/C10H14O/c1-3-8(2)9-5-4-6-10(11)7-9/h4-8,11H,3H2,1-2H3/p+1. The zero-order valence-corrected chi connectivity index (χ0v) is 7.09. The Kier molecular flexibility index (Phi) is 2.53. The summed E-state index contributed by atoms with van der Waals surface area (Å²) in [7, 11) is 0. The van der Waals surface area contributed by atoms with Gasteiger partial charge >= 0.3 is 0 Å². The molecule has 2 N–H and O–H groups in total. The molecule has 0 aliphatic rings. The van der Waals surface area contributed by atoms with E-state index in [4.69, 9.17) is 5.11 Å². The Labute approximate surface area is 67.7 Å². The van der Waals surface area contributed by atoms with Gasteiger partial charge in [0, 0.05) is 12.1 Å². The van der Waals surface area contributed by atoms with Crippen molar-refractivity contribution in [3.8, 4) is 5.75 Å². The van der Waals surface area contributed by atoms with Crippen LogP contribution in [0.2, 0.25) is 0 Å². The fourth-order valence-corrected chi connectivity index (χ4v) is 1.08. The van der Waals surface area contributed by atoms with Crippen molar-refractivity contribution in [1.29, 1.82) is 0 Å². The maximum atomic E-state index is 7.40. The maximum Gasteiger partial charge on any atom is 0.254 e. The van der Waals surface area contributed by atoms with Gasteiger partial charge in [0.2, 0.25) is 0 Å². The fraction of sp³-hybridized carbons (Fsp3) is 0.400. The molecule has 0 saturated heterocycles. The first-order valence-electron chi connectivity index (χ1n) is 4.05. The van der Waals surface area contributed by atoms with Crippen LogP contribution in [-0.4, -0.2) is 5.11 Å². The van der Waals surface area contributed by atoms with Crippen molar-refractivity contribution in [3.63, 3.8) is 0 Å². The molecule has 0 radical (unpaired) electrons. The second-order valence-electron chi connectivity index (χ2n) is 2.93. The van der Waals surface area contributed by atoms with Crippen molar-refractivity contribution < 1.29 is 5.11 Å². The third kappa shape index (κ3) is 1.97. The Morgan fingerprint density at radius 1 is 1.45 bits per heavy atom. The molecule has 0 aliphatic carbocycles. The smallest absolute Gasteiger partial charge is 0.254 e. The summed E-state index contributed by atoms with van der Waals surface area (Å²) in [5.74, 6) is 1.20. The van der Waals surface area contributed by atoms with Gasteiger partial charge in [0.15, 0.2) is 0 Å². The lowest BCUT2D eigenvalue weighted by molar-refractivity contribution is 0.473. The normalized spacial score (nSPS) is 12.9. The minimum absolute atomic E-state index is 0.584. The van der Waals surface area contributed by atoms with Crippen LogP contribution in [0.5, 0.6) is 5.75 Å². The highest BCUT2D eigenvalue weighted by molar-refractivity contribution is 5.29. The van der Waals surface area contributed by atoms with Crippen molar-refractivity contribution in [3.05, 3.63) is 29.8 Å². The third-order valence-corrected chi connectivity index (χ3v) is 2.07. The average molecular weight is 151 g/mol. The average Bonchev–Trinajstić information content (AvgIpc) is 2.03. The molecule has 1 rings (SSSR count). The van der Waals surface area contributed by atoms with E-state index in [0.29, 0.717) is 11.7 Å². The highest BCUT2D eigenvalue weighted by Crippen LogP contribution is 2.21. The second kappa shape index (κ2) is 3.42. The Morgan fingerprint density at radius 3 is 2.73 bits per heavy atom. The molecule has 1 aromatic carbocycles. The summed E-state index contributed by atoms with van der Waals surface area (Å²) in [6, 6.07) is 7.79. The van der Waals surface area contributed by atoms with E-state index in [9.17, 15) is 0 Å². The molecule has 11 heavy (non-hydrogen) atoms. The van der Waals surface area contributed by atoms with Crippen LogP contribution in [-0.2, 0) is 0 Å². The van der Waals surface area contributed by atoms with Crippen LogP contribution in [0.4, 0.5) is 0 Å². The number of rotatable bonds is 2. The van der Waals surface area contributed by atoms with Gasteiger partial charge in [-0.3, -0.25) is 0 Å². The molecule has 1 nitrogen and oxygen atoms in total. The van der Waals surface area contributed by atoms with Crippen molar-refractivity contribution in [2.45, 2.75) is 26.2 Å². The summed E-state index contributed by atoms with van der Waals surface area (Å²) < 4.78 is 0. The number of benzene rings is 1. The molecule has 0 saturated carbocycles. The molecule has 1 aromatic rings. The highest BCUT2D eigenvalue weighted by Gasteiger charge is 2.03. The van der Waals surface area contributed by atoms with Gasteiger partial charge in [-0.15, -0.1) is 0 Å². The molecule has 1 atom stereocenters. The molecule has 0 aliphatic heterocycles. The van der Waals surface area contributed by atoms with Crippen LogP contribution in [0.15, 0.2) is 24.3 Å². The van der Waals surface area contributed by atoms with Gasteiger partial charge in [0.1, 0.15) is 0 Å². The fourth-order valence-electron chi connectivity index (χ4n) is 1.08. The quantitative estimate of drug-likeness (QED) is 0.580. The molecule has 0 bridgehead atoms. The van der Waals surface area contributed by atoms with Gasteiger partial charge in [-0.2, -0.15) is 0 Å². The summed E-state index contributed by atoms with van der Waals surface area (Å²) >= 11 is 0. The van der Waals surface area contributed by atoms with Gasteiger partial charge in [-0.25, -0.2) is 0 Å². The maximum absolute atomic E-state index is 7.40. The van der Waals surface area contributed by atoms with Crippen LogP contribution >= 0.6 is 0 Å². The highest BCUT2D eigenvalue weighted by atomic mass is 16.3. The van der Waals surface area contributed by atoms with Crippen molar-refractivity contribution in [2.24, 2.45) is 0 Å². The van der Waals surface area contributed by atoms with Gasteiger partial charge in [-0.05, 0) is 17.9 Å². The third-order valence-electron chi connectivity index (χ3n) is 2.07. The minimum Gasteiger partial charge on any atom is -0.593 e. The molecule has 0 amide bonds. The van der Waals surface area contributed by atoms with E-state index < -0.39 is 0 Å². The van der Waals surface area contributed by atoms with Crippen molar-refractivity contribution in [1.82, 2.24) is 0 Å². The Hall–Kier alpha value is -0.980. The Bertz CT molecular complexity index is 230. The molecule has 60 valence electrons. The predicted octanol–water partition coefficient (Wildman–Crippen LogP) is 2.64. The van der Waals surface area contributed by atoms with Gasteiger partial charge in [0.05, 0.1) is 0 Å². The molecule has 1 unspecified atom stereocenters. The first-order valence-corrected chi connectivity index (χ1v) is 4.05. The SMILES string of the molecule is CCC(C)c1cccc([OH2+])c1. The van der Waals surface area contributed by atoms with Gasteiger partial charge in [-0.1, -0.05) is 26.0 Å². The molecule has 0 aromatic heterocycles. The number of hydrogen-bond acceptors (Lipinski definition) is 0. The molecular formula is C10H15O+. The van der Waals surface area contributed by atoms with Crippen LogP contribution in [0.25, 0.3) is 0 Å². The van der Waals surface area contributed by atoms with E-state index >= 15 is 0 Å². The summed E-state index contributed by atoms with van der Waals surface area (Å²) in [5.41, 5.74) is 1.28. The molecular weight excluding hydrogens is 136 g/mol. The van der Waals surface area contributed by atoms with E-state index in [1.165, 1.54) is 5.56 Å². The molecule has 0 spiro atoms. The zero-order valence-electron chi connectivity index (χ0n) is 7.09. The lowest BCUT2D eigenvalue weighted by Gasteiger charge is -2.06. The second-order valence-corrected chi connectivity index (χ2v) is 2.93. The van der Waals surface area contributed by atoms with E-state index in [-0.39, 0.29) is 0 Å². The predicted molar refractivity (Wildman–Crippen MR) is 48.2 cm³/mol. The van der Waals surface area contributed by atoms with E-state index in [1.54, 1.807) is 0 Å². The Balaban J connectivity index is 2.86. The lowest BCUT2D eigenvalue weighted by atomic mass is 9.99. The summed E-state index contributed by atoms with van der Waals surface area (Å²) in [5, 5.41) is 7.40. The summed E-state index contributed by atoms with van der Waals surface area (Å²) in [6.07, 6.45) is 1.14. The first kappa shape index (κ1) is 8.12. The van der Waals surface area contributed by atoms with Crippen LogP contribution < -0.4 is 0 Å². The van der Waals surface area contributed by atoms with Crippen molar-refractivity contribution in [2.75, 3.05) is 0 Å². The first-order chi connectivity index (χ1) is 5.24. The molecule has 0 heterocycles. The lowest BCUT2D eigenvalue weighted by Crippen LogP contribution is -1.89. The molecule has 0 fully saturated rings. The van der Waals surface area contributed by atoms with Gasteiger partial charge < -0.3 is 5.11 Å².